The van der Waals surface area contributed by atoms with Crippen LogP contribution in [0.4, 0.5) is 13.2 Å². The zero-order valence-electron chi connectivity index (χ0n) is 14.6. The Hall–Kier alpha value is -3.04. The molecule has 2 unspecified atom stereocenters. The highest BCUT2D eigenvalue weighted by molar-refractivity contribution is 6.06. The Kier molecular flexibility index (Phi) is 6.09. The average Bonchev–Trinajstić information content (AvgIpc) is 2.60. The molecule has 0 saturated heterocycles. The number of ether oxygens (including phenoxy) is 1. The number of hydrogen-bond acceptors (Lipinski definition) is 5. The van der Waals surface area contributed by atoms with E-state index in [1.165, 1.54) is 37.7 Å². The molecule has 0 saturated carbocycles. The van der Waals surface area contributed by atoms with Crippen molar-refractivity contribution >= 4 is 18.0 Å². The van der Waals surface area contributed by atoms with Crippen molar-refractivity contribution in [1.29, 1.82) is 0 Å². The van der Waals surface area contributed by atoms with Gasteiger partial charge in [-0.05, 0) is 24.6 Å². The zero-order chi connectivity index (χ0) is 20.1. The molecule has 7 nitrogen and oxygen atoms in total. The molecule has 1 aromatic carbocycles. The highest BCUT2D eigenvalue weighted by Gasteiger charge is 2.38. The maximum atomic E-state index is 12.7. The monoisotopic (exact) mass is 384 g/mol. The van der Waals surface area contributed by atoms with Crippen molar-refractivity contribution in [2.24, 2.45) is 4.99 Å². The first kappa shape index (κ1) is 20.3. The minimum atomic E-state index is -4.42. The van der Waals surface area contributed by atoms with Crippen LogP contribution >= 0.6 is 0 Å². The topological polar surface area (TPSA) is 91.8 Å². The molecule has 1 aromatic rings. The summed E-state index contributed by atoms with van der Waals surface area (Å²) in [6, 6.07) is 5.38. The number of aliphatic imine (C=N–C) groups is 1. The van der Waals surface area contributed by atoms with E-state index in [9.17, 15) is 22.8 Å². The fourth-order valence-electron chi connectivity index (χ4n) is 2.34. The molecule has 0 fully saturated rings. The number of benzene rings is 1. The van der Waals surface area contributed by atoms with Crippen molar-refractivity contribution in [3.05, 3.63) is 42.2 Å². The quantitative estimate of drug-likeness (QED) is 0.697. The number of carbonyl (C=O) groups is 2. The highest BCUT2D eigenvalue weighted by atomic mass is 19.4. The minimum Gasteiger partial charge on any atom is -0.484 e. The summed E-state index contributed by atoms with van der Waals surface area (Å²) in [5.74, 6) is -0.913. The van der Waals surface area contributed by atoms with Crippen LogP contribution in [0.1, 0.15) is 25.5 Å². The van der Waals surface area contributed by atoms with Crippen LogP contribution in [-0.4, -0.2) is 36.5 Å². The van der Waals surface area contributed by atoms with Crippen molar-refractivity contribution in [2.75, 3.05) is 6.61 Å². The van der Waals surface area contributed by atoms with Gasteiger partial charge in [0, 0.05) is 19.3 Å². The largest absolute Gasteiger partial charge is 0.484 e. The lowest BCUT2D eigenvalue weighted by atomic mass is 10.1. The van der Waals surface area contributed by atoms with Crippen LogP contribution in [0.15, 0.2) is 41.7 Å². The van der Waals surface area contributed by atoms with E-state index in [-0.39, 0.29) is 5.75 Å². The lowest BCUT2D eigenvalue weighted by Crippen LogP contribution is -2.67. The van der Waals surface area contributed by atoms with Crippen molar-refractivity contribution in [2.45, 2.75) is 31.7 Å². The molecule has 1 aliphatic rings. The van der Waals surface area contributed by atoms with E-state index in [0.29, 0.717) is 5.56 Å². The number of hydrogen-bond donors (Lipinski definition) is 3. The number of amides is 2. The Morgan fingerprint density at radius 1 is 1.30 bits per heavy atom. The van der Waals surface area contributed by atoms with Gasteiger partial charge in [-0.1, -0.05) is 12.1 Å². The number of rotatable bonds is 6. The Balaban J connectivity index is 2.03. The molecule has 0 bridgehead atoms. The highest BCUT2D eigenvalue weighted by Crippen LogP contribution is 2.21. The second-order valence-electron chi connectivity index (χ2n) is 5.90. The van der Waals surface area contributed by atoms with E-state index in [2.05, 4.69) is 25.7 Å². The first-order valence-electron chi connectivity index (χ1n) is 7.97. The van der Waals surface area contributed by atoms with E-state index < -0.39 is 36.3 Å². The van der Waals surface area contributed by atoms with E-state index in [1.54, 1.807) is 19.1 Å². The van der Waals surface area contributed by atoms with Crippen molar-refractivity contribution in [3.8, 4) is 5.75 Å². The summed E-state index contributed by atoms with van der Waals surface area (Å²) < 4.78 is 41.2. The minimum absolute atomic E-state index is 0.0653. The Morgan fingerprint density at radius 3 is 2.48 bits per heavy atom. The summed E-state index contributed by atoms with van der Waals surface area (Å²) in [5, 5.41) is 7.99. The lowest BCUT2D eigenvalue weighted by molar-refractivity contribution is -0.153. The zero-order valence-corrected chi connectivity index (χ0v) is 14.6. The van der Waals surface area contributed by atoms with Crippen molar-refractivity contribution in [3.63, 3.8) is 0 Å². The van der Waals surface area contributed by atoms with Crippen LogP contribution < -0.4 is 20.7 Å². The fraction of sp³-hybridized carbons (Fsp3) is 0.353. The summed E-state index contributed by atoms with van der Waals surface area (Å²) in [6.07, 6.45) is -0.297. The lowest BCUT2D eigenvalue weighted by Gasteiger charge is -2.32. The molecule has 146 valence electrons. The summed E-state index contributed by atoms with van der Waals surface area (Å²) in [4.78, 5) is 28.0. The van der Waals surface area contributed by atoms with Gasteiger partial charge in [0.25, 0.3) is 5.91 Å². The third-order valence-corrected chi connectivity index (χ3v) is 3.60. The molecule has 2 atom stereocenters. The first-order chi connectivity index (χ1) is 12.6. The third kappa shape index (κ3) is 5.73. The average molecular weight is 384 g/mol. The van der Waals surface area contributed by atoms with Crippen LogP contribution in [0.5, 0.6) is 5.75 Å². The van der Waals surface area contributed by atoms with E-state index in [1.807, 2.05) is 0 Å². The van der Waals surface area contributed by atoms with Crippen LogP contribution in [0.25, 0.3) is 0 Å². The van der Waals surface area contributed by atoms with Gasteiger partial charge in [0.05, 0.1) is 12.3 Å². The second-order valence-corrected chi connectivity index (χ2v) is 5.90. The van der Waals surface area contributed by atoms with Gasteiger partial charge in [0.15, 0.2) is 6.61 Å². The number of nitrogens with one attached hydrogen (secondary N) is 3. The summed E-state index contributed by atoms with van der Waals surface area (Å²) >= 11 is 0. The molecule has 0 aliphatic carbocycles. The number of carbonyl (C=O) groups excluding carboxylic acids is 2. The molecular weight excluding hydrogens is 365 g/mol. The van der Waals surface area contributed by atoms with E-state index >= 15 is 0 Å². The van der Waals surface area contributed by atoms with Gasteiger partial charge >= 0.3 is 6.18 Å². The number of halogens is 3. The normalized spacial score (nSPS) is 19.7. The van der Waals surface area contributed by atoms with Gasteiger partial charge in [-0.25, -0.2) is 0 Å². The molecule has 1 heterocycles. The van der Waals surface area contributed by atoms with Gasteiger partial charge < -0.3 is 20.7 Å². The van der Waals surface area contributed by atoms with Crippen LogP contribution in [0, 0.1) is 0 Å². The molecule has 3 N–H and O–H groups in total. The predicted molar refractivity (Wildman–Crippen MR) is 91.9 cm³/mol. The summed E-state index contributed by atoms with van der Waals surface area (Å²) in [5.41, 5.74) is -0.881. The summed E-state index contributed by atoms with van der Waals surface area (Å²) in [7, 11) is 0. The molecular formula is C17H19F3N4O3. The predicted octanol–water partition coefficient (Wildman–Crippen LogP) is 1.78. The third-order valence-electron chi connectivity index (χ3n) is 3.60. The number of nitrogens with zero attached hydrogens (tertiary/aromatic N) is 1. The molecule has 27 heavy (non-hydrogen) atoms. The molecule has 2 rings (SSSR count). The fourth-order valence-corrected chi connectivity index (χ4v) is 2.34. The standard InChI is InChI=1S/C17H19F3N4O3/c1-11(13-3-5-14(6-4-13)27-10-17(18,19)20)23-15(26)16(24-12(2)25)9-21-7-8-22-16/h3-9,11,22H,10H2,1-2H3,(H,23,26)(H,24,25). The van der Waals surface area contributed by atoms with Gasteiger partial charge in [-0.3, -0.25) is 14.6 Å². The van der Waals surface area contributed by atoms with Gasteiger partial charge in [0.1, 0.15) is 5.75 Å². The Bertz CT molecular complexity index is 747. The van der Waals surface area contributed by atoms with Crippen LogP contribution in [0.2, 0.25) is 0 Å². The van der Waals surface area contributed by atoms with E-state index in [4.69, 9.17) is 0 Å². The summed E-state index contributed by atoms with van der Waals surface area (Å²) in [6.45, 7) is 1.59. The molecule has 0 spiro atoms. The van der Waals surface area contributed by atoms with E-state index in [0.717, 1.165) is 0 Å². The molecule has 10 heteroatoms. The Labute approximate surface area is 153 Å². The second kappa shape index (κ2) is 8.11. The SMILES string of the molecule is CC(=O)NC1(C(=O)NC(C)c2ccc(OCC(F)(F)F)cc2)C=NC=CN1. The van der Waals surface area contributed by atoms with Crippen molar-refractivity contribution in [1.82, 2.24) is 16.0 Å². The van der Waals surface area contributed by atoms with Crippen LogP contribution in [-0.2, 0) is 9.59 Å². The smallest absolute Gasteiger partial charge is 0.422 e. The first-order valence-corrected chi connectivity index (χ1v) is 7.97. The van der Waals surface area contributed by atoms with Gasteiger partial charge in [-0.15, -0.1) is 0 Å². The maximum absolute atomic E-state index is 12.7. The Morgan fingerprint density at radius 2 is 1.96 bits per heavy atom. The van der Waals surface area contributed by atoms with Crippen molar-refractivity contribution < 1.29 is 27.5 Å². The van der Waals surface area contributed by atoms with Crippen LogP contribution in [0.3, 0.4) is 0 Å². The van der Waals surface area contributed by atoms with Gasteiger partial charge in [-0.2, -0.15) is 13.2 Å². The maximum Gasteiger partial charge on any atom is 0.422 e. The molecule has 0 aromatic heterocycles. The number of alkyl halides is 3. The molecule has 1 aliphatic heterocycles. The molecule has 0 radical (unpaired) electrons. The van der Waals surface area contributed by atoms with Gasteiger partial charge in [0.2, 0.25) is 11.6 Å². The molecule has 2 amide bonds.